The maximum absolute atomic E-state index is 10.7. The fourth-order valence-corrected chi connectivity index (χ4v) is 2.28. The summed E-state index contributed by atoms with van der Waals surface area (Å²) >= 11 is 0. The molecule has 0 fully saturated rings. The van der Waals surface area contributed by atoms with Gasteiger partial charge in [0, 0.05) is 6.54 Å². The first-order valence-electron chi connectivity index (χ1n) is 6.89. The first-order valence-corrected chi connectivity index (χ1v) is 6.89. The number of aliphatic hydroxyl groups is 1. The molecule has 0 amide bonds. The van der Waals surface area contributed by atoms with Crippen LogP contribution in [-0.4, -0.2) is 22.0 Å². The van der Waals surface area contributed by atoms with Crippen LogP contribution in [0.2, 0.25) is 0 Å². The third kappa shape index (κ3) is 3.48. The standard InChI is InChI=1S/C14H26N2O2/c1-5-7-8-9-14(3,17)13-12(18-4)11-15-16(13)10-6-2/h11,17H,5-10H2,1-4H3. The van der Waals surface area contributed by atoms with Crippen LogP contribution in [0.15, 0.2) is 6.20 Å². The molecule has 0 saturated heterocycles. The van der Waals surface area contributed by atoms with Crippen LogP contribution in [0.25, 0.3) is 0 Å². The Bertz CT molecular complexity index is 359. The van der Waals surface area contributed by atoms with E-state index in [9.17, 15) is 5.11 Å². The highest BCUT2D eigenvalue weighted by molar-refractivity contribution is 5.30. The van der Waals surface area contributed by atoms with E-state index in [1.54, 1.807) is 13.3 Å². The monoisotopic (exact) mass is 254 g/mol. The fraction of sp³-hybridized carbons (Fsp3) is 0.786. The normalized spacial score (nSPS) is 14.5. The zero-order valence-corrected chi connectivity index (χ0v) is 12.1. The molecule has 0 aliphatic carbocycles. The Morgan fingerprint density at radius 1 is 1.33 bits per heavy atom. The van der Waals surface area contributed by atoms with Crippen LogP contribution in [0.1, 0.15) is 58.6 Å². The van der Waals surface area contributed by atoms with E-state index in [4.69, 9.17) is 4.74 Å². The van der Waals surface area contributed by atoms with Gasteiger partial charge in [-0.25, -0.2) is 0 Å². The Morgan fingerprint density at radius 3 is 2.61 bits per heavy atom. The molecule has 1 aromatic rings. The first kappa shape index (κ1) is 15.0. The second kappa shape index (κ2) is 6.78. The van der Waals surface area contributed by atoms with E-state index < -0.39 is 5.60 Å². The van der Waals surface area contributed by atoms with Crippen LogP contribution in [-0.2, 0) is 12.1 Å². The molecule has 0 bridgehead atoms. The number of hydrogen-bond acceptors (Lipinski definition) is 3. The SMILES string of the molecule is CCCCCC(C)(O)c1c(OC)cnn1CCC. The summed E-state index contributed by atoms with van der Waals surface area (Å²) in [5.74, 6) is 0.685. The molecule has 0 aliphatic rings. The van der Waals surface area contributed by atoms with Gasteiger partial charge in [0.05, 0.1) is 13.3 Å². The molecule has 0 saturated carbocycles. The summed E-state index contributed by atoms with van der Waals surface area (Å²) in [5.41, 5.74) is -0.0606. The van der Waals surface area contributed by atoms with Crippen LogP contribution < -0.4 is 4.74 Å². The van der Waals surface area contributed by atoms with E-state index in [1.165, 1.54) is 0 Å². The minimum absolute atomic E-state index is 0.685. The van der Waals surface area contributed by atoms with Gasteiger partial charge >= 0.3 is 0 Å². The topological polar surface area (TPSA) is 47.3 Å². The molecule has 0 radical (unpaired) electrons. The minimum atomic E-state index is -0.869. The Kier molecular flexibility index (Phi) is 5.66. The van der Waals surface area contributed by atoms with Crippen LogP contribution in [0.3, 0.4) is 0 Å². The maximum Gasteiger partial charge on any atom is 0.162 e. The van der Waals surface area contributed by atoms with Gasteiger partial charge in [-0.1, -0.05) is 33.1 Å². The summed E-state index contributed by atoms with van der Waals surface area (Å²) in [6.45, 7) is 6.93. The highest BCUT2D eigenvalue weighted by Crippen LogP contribution is 2.33. The summed E-state index contributed by atoms with van der Waals surface area (Å²) in [4.78, 5) is 0. The number of methoxy groups -OCH3 is 1. The van der Waals surface area contributed by atoms with E-state index in [0.717, 1.165) is 44.3 Å². The van der Waals surface area contributed by atoms with Crippen LogP contribution >= 0.6 is 0 Å². The van der Waals surface area contributed by atoms with Gasteiger partial charge < -0.3 is 9.84 Å². The van der Waals surface area contributed by atoms with Gasteiger partial charge in [0.15, 0.2) is 5.75 Å². The van der Waals surface area contributed by atoms with Crippen molar-refractivity contribution < 1.29 is 9.84 Å². The third-order valence-corrected chi connectivity index (χ3v) is 3.24. The van der Waals surface area contributed by atoms with E-state index in [2.05, 4.69) is 18.9 Å². The van der Waals surface area contributed by atoms with Crippen LogP contribution in [0.5, 0.6) is 5.75 Å². The number of ether oxygens (including phenoxy) is 1. The number of rotatable bonds is 8. The molecule has 1 heterocycles. The average molecular weight is 254 g/mol. The van der Waals surface area contributed by atoms with Crippen molar-refractivity contribution >= 4 is 0 Å². The van der Waals surface area contributed by atoms with Crippen molar-refractivity contribution in [1.82, 2.24) is 9.78 Å². The summed E-state index contributed by atoms with van der Waals surface area (Å²) in [6, 6.07) is 0. The lowest BCUT2D eigenvalue weighted by molar-refractivity contribution is 0.0331. The first-order chi connectivity index (χ1) is 8.56. The second-order valence-electron chi connectivity index (χ2n) is 5.02. The lowest BCUT2D eigenvalue weighted by Gasteiger charge is -2.25. The molecule has 0 spiro atoms. The summed E-state index contributed by atoms with van der Waals surface area (Å²) in [6.07, 6.45) is 6.74. The van der Waals surface area contributed by atoms with Crippen LogP contribution in [0.4, 0.5) is 0 Å². The van der Waals surface area contributed by atoms with Crippen molar-refractivity contribution in [2.24, 2.45) is 0 Å². The molecule has 0 aromatic carbocycles. The molecule has 1 rings (SSSR count). The average Bonchev–Trinajstić information content (AvgIpc) is 2.73. The molecule has 1 N–H and O–H groups in total. The largest absolute Gasteiger partial charge is 0.493 e. The smallest absolute Gasteiger partial charge is 0.162 e. The van der Waals surface area contributed by atoms with Gasteiger partial charge in [0.1, 0.15) is 11.3 Å². The number of unbranched alkanes of at least 4 members (excludes halogenated alkanes) is 2. The lowest BCUT2D eigenvalue weighted by Crippen LogP contribution is -2.26. The molecule has 104 valence electrons. The van der Waals surface area contributed by atoms with Crippen molar-refractivity contribution in [3.05, 3.63) is 11.9 Å². The molecule has 0 aliphatic heterocycles. The third-order valence-electron chi connectivity index (χ3n) is 3.24. The summed E-state index contributed by atoms with van der Waals surface area (Å²) < 4.78 is 7.19. The van der Waals surface area contributed by atoms with Crippen LogP contribution in [0, 0.1) is 0 Å². The van der Waals surface area contributed by atoms with Gasteiger partial charge in [-0.2, -0.15) is 5.10 Å². The van der Waals surface area contributed by atoms with Gasteiger partial charge in [-0.05, 0) is 19.8 Å². The molecular weight excluding hydrogens is 228 g/mol. The van der Waals surface area contributed by atoms with Crippen molar-refractivity contribution in [3.8, 4) is 5.75 Å². The molecule has 4 heteroatoms. The minimum Gasteiger partial charge on any atom is -0.493 e. The second-order valence-corrected chi connectivity index (χ2v) is 5.02. The fourth-order valence-electron chi connectivity index (χ4n) is 2.28. The van der Waals surface area contributed by atoms with Gasteiger partial charge in [-0.3, -0.25) is 4.68 Å². The van der Waals surface area contributed by atoms with Gasteiger partial charge in [0.2, 0.25) is 0 Å². The molecule has 18 heavy (non-hydrogen) atoms. The highest BCUT2D eigenvalue weighted by Gasteiger charge is 2.30. The van der Waals surface area contributed by atoms with E-state index in [0.29, 0.717) is 5.75 Å². The Morgan fingerprint density at radius 2 is 2.06 bits per heavy atom. The Labute approximate surface area is 110 Å². The predicted molar refractivity (Wildman–Crippen MR) is 72.8 cm³/mol. The molecule has 1 unspecified atom stereocenters. The van der Waals surface area contributed by atoms with Gasteiger partial charge in [0.25, 0.3) is 0 Å². The zero-order chi connectivity index (χ0) is 13.6. The summed E-state index contributed by atoms with van der Waals surface area (Å²) in [7, 11) is 1.62. The van der Waals surface area contributed by atoms with Gasteiger partial charge in [-0.15, -0.1) is 0 Å². The maximum atomic E-state index is 10.7. The van der Waals surface area contributed by atoms with E-state index in [1.807, 2.05) is 11.6 Å². The highest BCUT2D eigenvalue weighted by atomic mass is 16.5. The number of aromatic nitrogens is 2. The van der Waals surface area contributed by atoms with Crippen molar-refractivity contribution in [2.75, 3.05) is 7.11 Å². The molecule has 1 atom stereocenters. The molecule has 1 aromatic heterocycles. The number of hydrogen-bond donors (Lipinski definition) is 1. The Balaban J connectivity index is 2.92. The molecule has 4 nitrogen and oxygen atoms in total. The lowest BCUT2D eigenvalue weighted by atomic mass is 9.94. The number of aryl methyl sites for hydroxylation is 1. The van der Waals surface area contributed by atoms with E-state index >= 15 is 0 Å². The quantitative estimate of drug-likeness (QED) is 0.725. The Hall–Kier alpha value is -1.03. The van der Waals surface area contributed by atoms with Crippen molar-refractivity contribution in [2.45, 2.75) is 65.0 Å². The summed E-state index contributed by atoms with van der Waals surface area (Å²) in [5, 5.41) is 15.0. The zero-order valence-electron chi connectivity index (χ0n) is 12.1. The number of nitrogens with zero attached hydrogens (tertiary/aromatic N) is 2. The van der Waals surface area contributed by atoms with Crippen molar-refractivity contribution in [1.29, 1.82) is 0 Å². The predicted octanol–water partition coefficient (Wildman–Crippen LogP) is 3.09. The molecular formula is C14H26N2O2. The van der Waals surface area contributed by atoms with Crippen molar-refractivity contribution in [3.63, 3.8) is 0 Å². The van der Waals surface area contributed by atoms with E-state index in [-0.39, 0.29) is 0 Å².